The van der Waals surface area contributed by atoms with E-state index in [1.54, 1.807) is 21.3 Å². The van der Waals surface area contributed by atoms with Crippen LogP contribution in [-0.4, -0.2) is 39.9 Å². The number of hydrogen-bond acceptors (Lipinski definition) is 4. The Morgan fingerprint density at radius 3 is 2.37 bits per heavy atom. The molecule has 2 aromatic rings. The SMILES string of the molecule is CN=C(NCc1ccc(OC)c(Br)c1)NCC(C)Oc1ccccc1OC. The minimum Gasteiger partial charge on any atom is -0.496 e. The molecular weight excluding hydrogens is 410 g/mol. The zero-order chi connectivity index (χ0) is 19.6. The van der Waals surface area contributed by atoms with Crippen molar-refractivity contribution in [3.63, 3.8) is 0 Å². The van der Waals surface area contributed by atoms with Gasteiger partial charge in [-0.1, -0.05) is 18.2 Å². The highest BCUT2D eigenvalue weighted by Gasteiger charge is 2.09. The Bertz CT molecular complexity index is 768. The minimum absolute atomic E-state index is 0.0602. The number of guanidine groups is 1. The van der Waals surface area contributed by atoms with Gasteiger partial charge in [0.25, 0.3) is 0 Å². The Hall–Kier alpha value is -2.41. The van der Waals surface area contributed by atoms with E-state index in [4.69, 9.17) is 14.2 Å². The van der Waals surface area contributed by atoms with Crippen LogP contribution in [0.25, 0.3) is 0 Å². The van der Waals surface area contributed by atoms with Crippen LogP contribution in [0.1, 0.15) is 12.5 Å². The maximum Gasteiger partial charge on any atom is 0.191 e. The number of ether oxygens (including phenoxy) is 3. The van der Waals surface area contributed by atoms with Gasteiger partial charge in [0, 0.05) is 13.6 Å². The fraction of sp³-hybridized carbons (Fsp3) is 0.350. The number of rotatable bonds is 8. The molecule has 0 heterocycles. The van der Waals surface area contributed by atoms with Crippen LogP contribution in [-0.2, 0) is 6.54 Å². The average molecular weight is 436 g/mol. The molecule has 7 heteroatoms. The third-order valence-corrected chi connectivity index (χ3v) is 4.47. The molecule has 2 rings (SSSR count). The third-order valence-electron chi connectivity index (χ3n) is 3.85. The van der Waals surface area contributed by atoms with E-state index in [0.717, 1.165) is 27.3 Å². The molecule has 0 aliphatic rings. The lowest BCUT2D eigenvalue weighted by molar-refractivity contribution is 0.213. The summed E-state index contributed by atoms with van der Waals surface area (Å²) in [5.41, 5.74) is 1.11. The van der Waals surface area contributed by atoms with E-state index in [1.165, 1.54) is 0 Å². The molecule has 146 valence electrons. The number of halogens is 1. The molecule has 0 fully saturated rings. The number of nitrogens with one attached hydrogen (secondary N) is 2. The molecule has 2 aromatic carbocycles. The maximum atomic E-state index is 5.94. The van der Waals surface area contributed by atoms with Gasteiger partial charge in [0.15, 0.2) is 17.5 Å². The second-order valence-electron chi connectivity index (χ2n) is 5.85. The van der Waals surface area contributed by atoms with Crippen molar-refractivity contribution in [2.45, 2.75) is 19.6 Å². The van der Waals surface area contributed by atoms with Gasteiger partial charge in [-0.2, -0.15) is 0 Å². The first-order valence-corrected chi connectivity index (χ1v) is 9.43. The summed E-state index contributed by atoms with van der Waals surface area (Å²) in [4.78, 5) is 4.25. The van der Waals surface area contributed by atoms with Crippen molar-refractivity contribution in [1.29, 1.82) is 0 Å². The summed E-state index contributed by atoms with van der Waals surface area (Å²) in [6.45, 7) is 3.24. The summed E-state index contributed by atoms with van der Waals surface area (Å²) in [6.07, 6.45) is -0.0602. The van der Waals surface area contributed by atoms with E-state index in [2.05, 4.69) is 31.6 Å². The summed E-state index contributed by atoms with van der Waals surface area (Å²) in [7, 11) is 5.03. The summed E-state index contributed by atoms with van der Waals surface area (Å²) in [5, 5.41) is 6.56. The van der Waals surface area contributed by atoms with Crippen molar-refractivity contribution in [3.05, 3.63) is 52.5 Å². The number of para-hydroxylation sites is 2. The van der Waals surface area contributed by atoms with Crippen molar-refractivity contribution < 1.29 is 14.2 Å². The van der Waals surface area contributed by atoms with Gasteiger partial charge < -0.3 is 24.8 Å². The van der Waals surface area contributed by atoms with Gasteiger partial charge in [0.2, 0.25) is 0 Å². The highest BCUT2D eigenvalue weighted by atomic mass is 79.9. The third kappa shape index (κ3) is 6.36. The lowest BCUT2D eigenvalue weighted by atomic mass is 10.2. The normalized spacial score (nSPS) is 12.3. The molecular formula is C20H26BrN3O3. The molecule has 2 N–H and O–H groups in total. The van der Waals surface area contributed by atoms with Gasteiger partial charge in [0.1, 0.15) is 11.9 Å². The standard InChI is InChI=1S/C20H26BrN3O3/c1-14(27-19-8-6-5-7-18(19)26-4)12-23-20(22-2)24-13-15-9-10-17(25-3)16(21)11-15/h5-11,14H,12-13H2,1-4H3,(H2,22,23,24). The van der Waals surface area contributed by atoms with E-state index >= 15 is 0 Å². The van der Waals surface area contributed by atoms with Crippen LogP contribution >= 0.6 is 15.9 Å². The Balaban J connectivity index is 1.83. The summed E-state index contributed by atoms with van der Waals surface area (Å²) < 4.78 is 17.4. The second-order valence-corrected chi connectivity index (χ2v) is 6.71. The smallest absolute Gasteiger partial charge is 0.191 e. The van der Waals surface area contributed by atoms with Crippen molar-refractivity contribution in [3.8, 4) is 17.2 Å². The first-order valence-electron chi connectivity index (χ1n) is 8.64. The molecule has 0 radical (unpaired) electrons. The molecule has 0 aliphatic heterocycles. The topological polar surface area (TPSA) is 64.1 Å². The monoisotopic (exact) mass is 435 g/mol. The molecule has 0 saturated heterocycles. The zero-order valence-corrected chi connectivity index (χ0v) is 17.7. The lowest BCUT2D eigenvalue weighted by Gasteiger charge is -2.19. The fourth-order valence-corrected chi connectivity index (χ4v) is 3.03. The van der Waals surface area contributed by atoms with Gasteiger partial charge in [0.05, 0.1) is 25.2 Å². The summed E-state index contributed by atoms with van der Waals surface area (Å²) in [6, 6.07) is 13.6. The predicted octanol–water partition coefficient (Wildman–Crippen LogP) is 3.60. The van der Waals surface area contributed by atoms with Crippen molar-refractivity contribution in [2.75, 3.05) is 27.8 Å². The fourth-order valence-electron chi connectivity index (χ4n) is 2.44. The van der Waals surface area contributed by atoms with E-state index in [-0.39, 0.29) is 6.10 Å². The molecule has 0 saturated carbocycles. The number of aliphatic imine (C=N–C) groups is 1. The van der Waals surface area contributed by atoms with Gasteiger partial charge >= 0.3 is 0 Å². The van der Waals surface area contributed by atoms with Crippen molar-refractivity contribution >= 4 is 21.9 Å². The van der Waals surface area contributed by atoms with E-state index in [0.29, 0.717) is 19.0 Å². The Labute approximate surface area is 169 Å². The van der Waals surface area contributed by atoms with E-state index in [9.17, 15) is 0 Å². The molecule has 0 aliphatic carbocycles. The summed E-state index contributed by atoms with van der Waals surface area (Å²) >= 11 is 3.50. The van der Waals surface area contributed by atoms with Gasteiger partial charge in [-0.3, -0.25) is 4.99 Å². The Morgan fingerprint density at radius 2 is 1.74 bits per heavy atom. The highest BCUT2D eigenvalue weighted by Crippen LogP contribution is 2.27. The Morgan fingerprint density at radius 1 is 1.04 bits per heavy atom. The van der Waals surface area contributed by atoms with Gasteiger partial charge in [-0.05, 0) is 52.7 Å². The lowest BCUT2D eigenvalue weighted by Crippen LogP contribution is -2.41. The largest absolute Gasteiger partial charge is 0.496 e. The van der Waals surface area contributed by atoms with Crippen LogP contribution < -0.4 is 24.8 Å². The maximum absolute atomic E-state index is 5.94. The number of nitrogens with zero attached hydrogens (tertiary/aromatic N) is 1. The predicted molar refractivity (Wildman–Crippen MR) is 112 cm³/mol. The van der Waals surface area contributed by atoms with Gasteiger partial charge in [-0.15, -0.1) is 0 Å². The molecule has 6 nitrogen and oxygen atoms in total. The van der Waals surface area contributed by atoms with Crippen LogP contribution in [0.3, 0.4) is 0 Å². The quantitative estimate of drug-likeness (QED) is 0.489. The molecule has 0 amide bonds. The highest BCUT2D eigenvalue weighted by molar-refractivity contribution is 9.10. The van der Waals surface area contributed by atoms with Crippen LogP contribution in [0.15, 0.2) is 51.9 Å². The van der Waals surface area contributed by atoms with Crippen LogP contribution in [0, 0.1) is 0 Å². The average Bonchev–Trinajstić information content (AvgIpc) is 2.68. The molecule has 0 bridgehead atoms. The van der Waals surface area contributed by atoms with Crippen LogP contribution in [0.2, 0.25) is 0 Å². The first kappa shape index (κ1) is 20.9. The minimum atomic E-state index is -0.0602. The van der Waals surface area contributed by atoms with Gasteiger partial charge in [-0.25, -0.2) is 0 Å². The van der Waals surface area contributed by atoms with Crippen molar-refractivity contribution in [2.24, 2.45) is 4.99 Å². The number of hydrogen-bond donors (Lipinski definition) is 2. The molecule has 0 spiro atoms. The van der Waals surface area contributed by atoms with Crippen molar-refractivity contribution in [1.82, 2.24) is 10.6 Å². The van der Waals surface area contributed by atoms with Crippen LogP contribution in [0.4, 0.5) is 0 Å². The molecule has 1 atom stereocenters. The molecule has 27 heavy (non-hydrogen) atoms. The van der Waals surface area contributed by atoms with E-state index < -0.39 is 0 Å². The zero-order valence-electron chi connectivity index (χ0n) is 16.1. The second kappa shape index (κ2) is 10.7. The Kier molecular flexibility index (Phi) is 8.26. The number of methoxy groups -OCH3 is 2. The number of benzene rings is 2. The molecule has 1 unspecified atom stereocenters. The van der Waals surface area contributed by atoms with E-state index in [1.807, 2.05) is 49.4 Å². The molecule has 0 aromatic heterocycles. The van der Waals surface area contributed by atoms with Crippen LogP contribution in [0.5, 0.6) is 17.2 Å². The first-order chi connectivity index (χ1) is 13.1. The summed E-state index contributed by atoms with van der Waals surface area (Å²) in [5.74, 6) is 2.96.